The number of fused-ring (bicyclic) bond motifs is 1. The second-order valence-corrected chi connectivity index (χ2v) is 6.27. The Balaban J connectivity index is 1.89. The van der Waals surface area contributed by atoms with Crippen molar-refractivity contribution in [2.75, 3.05) is 0 Å². The summed E-state index contributed by atoms with van der Waals surface area (Å²) in [5.41, 5.74) is 0. The predicted molar refractivity (Wildman–Crippen MR) is 75.0 cm³/mol. The lowest BCUT2D eigenvalue weighted by Gasteiger charge is -2.38. The number of nitrogens with one attached hydrogen (secondary N) is 2. The lowest BCUT2D eigenvalue weighted by Crippen LogP contribution is -2.48. The maximum absolute atomic E-state index is 11.5. The van der Waals surface area contributed by atoms with Crippen LogP contribution in [0.4, 0.5) is 4.79 Å². The zero-order valence-corrected chi connectivity index (χ0v) is 11.7. The first kappa shape index (κ1) is 14.6. The van der Waals surface area contributed by atoms with Crippen molar-refractivity contribution in [3.8, 4) is 0 Å². The summed E-state index contributed by atoms with van der Waals surface area (Å²) in [4.78, 5) is 32.8. The third-order valence-electron chi connectivity index (χ3n) is 3.40. The molecule has 1 saturated heterocycles. The van der Waals surface area contributed by atoms with Gasteiger partial charge in [0.25, 0.3) is 0 Å². The third kappa shape index (κ3) is 3.41. The number of rotatable bonds is 1. The molecular formula is C13H16N2O4S. The number of thioether (sulfide) groups is 1. The fourth-order valence-electron chi connectivity index (χ4n) is 2.43. The summed E-state index contributed by atoms with van der Waals surface area (Å²) in [5, 5.41) is 13.0. The maximum atomic E-state index is 11.5. The summed E-state index contributed by atoms with van der Waals surface area (Å²) in [7, 11) is 0. The number of hydrogen-bond acceptors (Lipinski definition) is 4. The molecule has 0 aromatic rings. The Hall–Kier alpha value is -1.76. The third-order valence-corrected chi connectivity index (χ3v) is 4.83. The first-order valence-corrected chi connectivity index (χ1v) is 7.27. The van der Waals surface area contributed by atoms with E-state index in [1.165, 1.54) is 0 Å². The first-order chi connectivity index (χ1) is 9.47. The average molecular weight is 296 g/mol. The van der Waals surface area contributed by atoms with Gasteiger partial charge >= 0.3 is 17.9 Å². The van der Waals surface area contributed by atoms with E-state index < -0.39 is 17.9 Å². The molecule has 0 saturated carbocycles. The molecule has 4 atom stereocenters. The van der Waals surface area contributed by atoms with Gasteiger partial charge in [-0.3, -0.25) is 10.1 Å². The van der Waals surface area contributed by atoms with Crippen LogP contribution in [0.1, 0.15) is 13.3 Å². The lowest BCUT2D eigenvalue weighted by atomic mass is 9.85. The van der Waals surface area contributed by atoms with Gasteiger partial charge in [-0.25, -0.2) is 9.59 Å². The van der Waals surface area contributed by atoms with Crippen molar-refractivity contribution in [1.82, 2.24) is 10.6 Å². The van der Waals surface area contributed by atoms with Crippen LogP contribution in [0.25, 0.3) is 0 Å². The normalized spacial score (nSPS) is 31.2. The van der Waals surface area contributed by atoms with Gasteiger partial charge in [0.05, 0.1) is 5.37 Å². The molecule has 20 heavy (non-hydrogen) atoms. The summed E-state index contributed by atoms with van der Waals surface area (Å²) in [5.74, 6) is -2.14. The van der Waals surface area contributed by atoms with E-state index in [1.807, 2.05) is 12.2 Å². The molecule has 0 bridgehead atoms. The van der Waals surface area contributed by atoms with Crippen molar-refractivity contribution in [2.45, 2.75) is 24.0 Å². The van der Waals surface area contributed by atoms with Gasteiger partial charge in [0, 0.05) is 5.25 Å². The van der Waals surface area contributed by atoms with Gasteiger partial charge in [-0.2, -0.15) is 0 Å². The first-order valence-electron chi connectivity index (χ1n) is 6.32. The molecular weight excluding hydrogens is 280 g/mol. The fraction of sp³-hybridized carbons (Fsp3) is 0.462. The van der Waals surface area contributed by atoms with E-state index in [-0.39, 0.29) is 5.37 Å². The van der Waals surface area contributed by atoms with Crippen LogP contribution < -0.4 is 10.6 Å². The van der Waals surface area contributed by atoms with Gasteiger partial charge in [-0.15, -0.1) is 11.8 Å². The molecule has 0 aromatic carbocycles. The highest BCUT2D eigenvalue weighted by molar-refractivity contribution is 8.00. The number of carbonyl (C=O) groups is 3. The van der Waals surface area contributed by atoms with E-state index in [9.17, 15) is 14.4 Å². The summed E-state index contributed by atoms with van der Waals surface area (Å²) >= 11 is 1.61. The molecule has 0 radical (unpaired) electrons. The SMILES string of the molecule is CC1CC(NC(=O)NC(=O)C(=O)O)SC2C=CC=CC12. The van der Waals surface area contributed by atoms with Crippen LogP contribution in [-0.2, 0) is 9.59 Å². The molecule has 2 aliphatic rings. The number of imide groups is 1. The Morgan fingerprint density at radius 3 is 2.65 bits per heavy atom. The zero-order valence-electron chi connectivity index (χ0n) is 10.9. The Bertz CT molecular complexity index is 489. The molecule has 108 valence electrons. The van der Waals surface area contributed by atoms with E-state index in [2.05, 4.69) is 24.4 Å². The van der Waals surface area contributed by atoms with Crippen LogP contribution >= 0.6 is 11.8 Å². The van der Waals surface area contributed by atoms with E-state index in [4.69, 9.17) is 5.11 Å². The smallest absolute Gasteiger partial charge is 0.394 e. The van der Waals surface area contributed by atoms with Crippen molar-refractivity contribution >= 4 is 29.7 Å². The maximum Gasteiger partial charge on any atom is 0.394 e. The van der Waals surface area contributed by atoms with Gasteiger partial charge in [0.2, 0.25) is 0 Å². The molecule has 7 heteroatoms. The molecule has 0 spiro atoms. The number of carboxylic acids is 1. The minimum atomic E-state index is -1.68. The minimum Gasteiger partial charge on any atom is -0.474 e. The van der Waals surface area contributed by atoms with Crippen LogP contribution in [0.5, 0.6) is 0 Å². The van der Waals surface area contributed by atoms with Gasteiger partial charge < -0.3 is 10.4 Å². The standard InChI is InChI=1S/C13H16N2O4S/c1-7-6-10(14-13(19)15-11(16)12(17)18)20-9-5-3-2-4-8(7)9/h2-5,7-10H,6H2,1H3,(H,17,18)(H2,14,15,16,19). The molecule has 3 amide bonds. The van der Waals surface area contributed by atoms with E-state index in [0.29, 0.717) is 17.1 Å². The highest BCUT2D eigenvalue weighted by Crippen LogP contribution is 2.41. The molecule has 1 heterocycles. The largest absolute Gasteiger partial charge is 0.474 e. The second kappa shape index (κ2) is 6.13. The zero-order chi connectivity index (χ0) is 14.7. The van der Waals surface area contributed by atoms with Gasteiger partial charge in [0.15, 0.2) is 0 Å². The van der Waals surface area contributed by atoms with E-state index in [1.54, 1.807) is 17.1 Å². The molecule has 0 aromatic heterocycles. The lowest BCUT2D eigenvalue weighted by molar-refractivity contribution is -0.149. The van der Waals surface area contributed by atoms with Crippen molar-refractivity contribution in [1.29, 1.82) is 0 Å². The van der Waals surface area contributed by atoms with E-state index >= 15 is 0 Å². The summed E-state index contributed by atoms with van der Waals surface area (Å²) in [6, 6.07) is -0.768. The molecule has 1 aliphatic heterocycles. The van der Waals surface area contributed by atoms with Crippen molar-refractivity contribution in [2.24, 2.45) is 11.8 Å². The van der Waals surface area contributed by atoms with Crippen molar-refractivity contribution in [3.05, 3.63) is 24.3 Å². The number of aliphatic carboxylic acids is 1. The molecule has 1 aliphatic carbocycles. The monoisotopic (exact) mass is 296 g/mol. The topological polar surface area (TPSA) is 95.5 Å². The Kier molecular flexibility index (Phi) is 4.49. The Morgan fingerprint density at radius 2 is 1.95 bits per heavy atom. The summed E-state index contributed by atoms with van der Waals surface area (Å²) < 4.78 is 0. The summed E-state index contributed by atoms with van der Waals surface area (Å²) in [6.07, 6.45) is 9.06. The van der Waals surface area contributed by atoms with Crippen LogP contribution in [0.15, 0.2) is 24.3 Å². The van der Waals surface area contributed by atoms with Crippen molar-refractivity contribution < 1.29 is 19.5 Å². The minimum absolute atomic E-state index is 0.135. The highest BCUT2D eigenvalue weighted by atomic mass is 32.2. The quantitative estimate of drug-likeness (QED) is 0.630. The summed E-state index contributed by atoms with van der Waals surface area (Å²) in [6.45, 7) is 2.12. The molecule has 6 nitrogen and oxygen atoms in total. The van der Waals surface area contributed by atoms with Gasteiger partial charge in [0.1, 0.15) is 0 Å². The Morgan fingerprint density at radius 1 is 1.25 bits per heavy atom. The van der Waals surface area contributed by atoms with Crippen LogP contribution in [0.3, 0.4) is 0 Å². The number of urea groups is 1. The molecule has 1 fully saturated rings. The number of hydrogen-bond donors (Lipinski definition) is 3. The number of carbonyl (C=O) groups excluding carboxylic acids is 2. The number of carboxylic acid groups (broad SMARTS) is 1. The predicted octanol–water partition coefficient (Wildman–Crippen LogP) is 1.11. The number of amides is 3. The molecule has 3 N–H and O–H groups in total. The van der Waals surface area contributed by atoms with Gasteiger partial charge in [-0.1, -0.05) is 31.2 Å². The average Bonchev–Trinajstić information content (AvgIpc) is 2.38. The van der Waals surface area contributed by atoms with Crippen LogP contribution in [0, 0.1) is 11.8 Å². The van der Waals surface area contributed by atoms with Crippen LogP contribution in [0.2, 0.25) is 0 Å². The van der Waals surface area contributed by atoms with Gasteiger partial charge in [-0.05, 0) is 18.3 Å². The van der Waals surface area contributed by atoms with Crippen LogP contribution in [-0.4, -0.2) is 33.6 Å². The Labute approximate surface area is 120 Å². The fourth-order valence-corrected chi connectivity index (χ4v) is 4.12. The molecule has 2 rings (SSSR count). The second-order valence-electron chi connectivity index (χ2n) is 4.88. The van der Waals surface area contributed by atoms with Crippen molar-refractivity contribution in [3.63, 3.8) is 0 Å². The highest BCUT2D eigenvalue weighted by Gasteiger charge is 2.35. The molecule has 4 unspecified atom stereocenters. The number of allylic oxidation sites excluding steroid dienone is 3. The van der Waals surface area contributed by atoms with E-state index in [0.717, 1.165) is 6.42 Å².